The molecule has 6 heteroatoms. The van der Waals surface area contributed by atoms with Crippen molar-refractivity contribution in [1.29, 1.82) is 0 Å². The Balaban J connectivity index is 2.07. The molecule has 0 saturated carbocycles. The summed E-state index contributed by atoms with van der Waals surface area (Å²) in [7, 11) is 1.57. The van der Waals surface area contributed by atoms with Crippen molar-refractivity contribution in [2.45, 2.75) is 32.8 Å². The molecule has 1 aliphatic heterocycles. The third-order valence-electron chi connectivity index (χ3n) is 3.02. The molecule has 0 N–H and O–H groups in total. The van der Waals surface area contributed by atoms with Crippen molar-refractivity contribution in [2.24, 2.45) is 0 Å². The molecule has 2 heterocycles. The smallest absolute Gasteiger partial charge is 0.410 e. The summed E-state index contributed by atoms with van der Waals surface area (Å²) >= 11 is 0. The summed E-state index contributed by atoms with van der Waals surface area (Å²) in [5, 5.41) is 0. The van der Waals surface area contributed by atoms with E-state index in [9.17, 15) is 4.79 Å². The zero-order valence-electron chi connectivity index (χ0n) is 12.9. The van der Waals surface area contributed by atoms with Gasteiger partial charge in [0.15, 0.2) is 0 Å². The first-order valence-electron chi connectivity index (χ1n) is 6.93. The maximum absolute atomic E-state index is 12.0. The number of nitrogens with zero attached hydrogens (tertiary/aromatic N) is 3. The number of rotatable bonds is 2. The third kappa shape index (κ3) is 3.93. The molecule has 2 rings (SSSR count). The average molecular weight is 291 g/mol. The second-order valence-corrected chi connectivity index (χ2v) is 5.82. The van der Waals surface area contributed by atoms with E-state index in [4.69, 9.17) is 9.47 Å². The Morgan fingerprint density at radius 3 is 2.57 bits per heavy atom. The Morgan fingerprint density at radius 2 is 2.00 bits per heavy atom. The van der Waals surface area contributed by atoms with Gasteiger partial charge < -0.3 is 14.4 Å². The summed E-state index contributed by atoms with van der Waals surface area (Å²) in [5.74, 6) is 0.509. The van der Waals surface area contributed by atoms with Crippen LogP contribution >= 0.6 is 0 Å². The third-order valence-corrected chi connectivity index (χ3v) is 3.02. The normalized spacial score (nSPS) is 15.4. The summed E-state index contributed by atoms with van der Waals surface area (Å²) in [6.45, 7) is 6.69. The Labute approximate surface area is 124 Å². The molecule has 0 saturated heterocycles. The second-order valence-electron chi connectivity index (χ2n) is 5.82. The van der Waals surface area contributed by atoms with Crippen LogP contribution < -0.4 is 4.74 Å². The Kier molecular flexibility index (Phi) is 4.45. The second kappa shape index (κ2) is 6.11. The number of aromatic nitrogens is 2. The van der Waals surface area contributed by atoms with Gasteiger partial charge in [0.05, 0.1) is 7.11 Å². The van der Waals surface area contributed by atoms with E-state index in [1.165, 1.54) is 0 Å². The predicted molar refractivity (Wildman–Crippen MR) is 79.0 cm³/mol. The van der Waals surface area contributed by atoms with Crippen molar-refractivity contribution < 1.29 is 14.3 Å². The van der Waals surface area contributed by atoms with Crippen LogP contribution in [0.4, 0.5) is 4.79 Å². The average Bonchev–Trinajstić information content (AvgIpc) is 2.45. The van der Waals surface area contributed by atoms with E-state index >= 15 is 0 Å². The summed E-state index contributed by atoms with van der Waals surface area (Å²) in [4.78, 5) is 22.1. The van der Waals surface area contributed by atoms with Gasteiger partial charge in [-0.05, 0) is 32.8 Å². The van der Waals surface area contributed by atoms with Crippen LogP contribution in [0.15, 0.2) is 18.5 Å². The van der Waals surface area contributed by atoms with Gasteiger partial charge >= 0.3 is 6.09 Å². The molecule has 0 spiro atoms. The SMILES string of the molecule is COc1nccnc1C1=CCN(C(=O)OC(C)(C)C)CC1. The molecule has 0 unspecified atom stereocenters. The zero-order chi connectivity index (χ0) is 15.5. The van der Waals surface area contributed by atoms with E-state index in [1.54, 1.807) is 24.4 Å². The summed E-state index contributed by atoms with van der Waals surface area (Å²) in [5.41, 5.74) is 1.30. The molecule has 0 radical (unpaired) electrons. The van der Waals surface area contributed by atoms with Gasteiger partial charge in [0.25, 0.3) is 0 Å². The van der Waals surface area contributed by atoms with E-state index in [1.807, 2.05) is 26.8 Å². The first-order chi connectivity index (χ1) is 9.90. The minimum Gasteiger partial charge on any atom is -0.479 e. The highest BCUT2D eigenvalue weighted by molar-refractivity contribution is 5.72. The van der Waals surface area contributed by atoms with Crippen molar-refractivity contribution in [3.8, 4) is 5.88 Å². The van der Waals surface area contributed by atoms with E-state index in [-0.39, 0.29) is 6.09 Å². The molecule has 1 amide bonds. The monoisotopic (exact) mass is 291 g/mol. The molecule has 0 atom stereocenters. The van der Waals surface area contributed by atoms with Gasteiger partial charge in [-0.2, -0.15) is 0 Å². The first-order valence-corrected chi connectivity index (χ1v) is 6.93. The molecule has 6 nitrogen and oxygen atoms in total. The standard InChI is InChI=1S/C15H21N3O3/c1-15(2,3)21-14(19)18-9-5-11(6-10-18)12-13(20-4)17-8-7-16-12/h5,7-8H,6,9-10H2,1-4H3. The van der Waals surface area contributed by atoms with Gasteiger partial charge in [-0.15, -0.1) is 0 Å². The summed E-state index contributed by atoms with van der Waals surface area (Å²) < 4.78 is 10.6. The topological polar surface area (TPSA) is 64.6 Å². The van der Waals surface area contributed by atoms with Gasteiger partial charge in [-0.1, -0.05) is 6.08 Å². The lowest BCUT2D eigenvalue weighted by Crippen LogP contribution is -2.39. The Hall–Kier alpha value is -2.11. The predicted octanol–water partition coefficient (Wildman–Crippen LogP) is 2.51. The van der Waals surface area contributed by atoms with Crippen molar-refractivity contribution in [1.82, 2.24) is 14.9 Å². The first kappa shape index (κ1) is 15.3. The van der Waals surface area contributed by atoms with Crippen LogP contribution in [0.25, 0.3) is 5.57 Å². The van der Waals surface area contributed by atoms with Gasteiger partial charge in [0.1, 0.15) is 11.3 Å². The van der Waals surface area contributed by atoms with Crippen LogP contribution in [0.5, 0.6) is 5.88 Å². The molecular weight excluding hydrogens is 270 g/mol. The van der Waals surface area contributed by atoms with Crippen LogP contribution in [0.1, 0.15) is 32.9 Å². The lowest BCUT2D eigenvalue weighted by molar-refractivity contribution is 0.0270. The van der Waals surface area contributed by atoms with Crippen molar-refractivity contribution >= 4 is 11.7 Å². The highest BCUT2D eigenvalue weighted by Gasteiger charge is 2.25. The Bertz CT molecular complexity index is 549. The summed E-state index contributed by atoms with van der Waals surface area (Å²) in [6.07, 6.45) is 5.62. The fourth-order valence-electron chi connectivity index (χ4n) is 2.07. The van der Waals surface area contributed by atoms with Crippen molar-refractivity contribution in [3.05, 3.63) is 24.2 Å². The highest BCUT2D eigenvalue weighted by Crippen LogP contribution is 2.26. The number of ether oxygens (including phenoxy) is 2. The van der Waals surface area contributed by atoms with Gasteiger partial charge in [-0.3, -0.25) is 0 Å². The molecule has 114 valence electrons. The molecule has 0 bridgehead atoms. The van der Waals surface area contributed by atoms with E-state index < -0.39 is 5.60 Å². The number of carbonyl (C=O) groups is 1. The fourth-order valence-corrected chi connectivity index (χ4v) is 2.07. The number of methoxy groups -OCH3 is 1. The number of hydrogen-bond acceptors (Lipinski definition) is 5. The van der Waals surface area contributed by atoms with Crippen molar-refractivity contribution in [3.63, 3.8) is 0 Å². The molecule has 1 aliphatic rings. The van der Waals surface area contributed by atoms with Crippen molar-refractivity contribution in [2.75, 3.05) is 20.2 Å². The van der Waals surface area contributed by atoms with Gasteiger partial charge in [-0.25, -0.2) is 14.8 Å². The lowest BCUT2D eigenvalue weighted by Gasteiger charge is -2.29. The Morgan fingerprint density at radius 1 is 1.29 bits per heavy atom. The minimum absolute atomic E-state index is 0.288. The van der Waals surface area contributed by atoms with E-state index in [0.29, 0.717) is 25.4 Å². The van der Waals surface area contributed by atoms with Crippen LogP contribution in [-0.4, -0.2) is 46.8 Å². The van der Waals surface area contributed by atoms with E-state index in [2.05, 4.69) is 9.97 Å². The number of amides is 1. The lowest BCUT2D eigenvalue weighted by atomic mass is 10.1. The van der Waals surface area contributed by atoms with Crippen LogP contribution in [-0.2, 0) is 4.74 Å². The maximum Gasteiger partial charge on any atom is 0.410 e. The van der Waals surface area contributed by atoms with Crippen LogP contribution in [0.3, 0.4) is 0 Å². The van der Waals surface area contributed by atoms with Crippen LogP contribution in [0.2, 0.25) is 0 Å². The number of carbonyl (C=O) groups excluding carboxylic acids is 1. The maximum atomic E-state index is 12.0. The zero-order valence-corrected chi connectivity index (χ0v) is 12.9. The molecule has 0 aromatic carbocycles. The largest absolute Gasteiger partial charge is 0.479 e. The highest BCUT2D eigenvalue weighted by atomic mass is 16.6. The van der Waals surface area contributed by atoms with Crippen LogP contribution in [0, 0.1) is 0 Å². The van der Waals surface area contributed by atoms with E-state index in [0.717, 1.165) is 11.3 Å². The number of hydrogen-bond donors (Lipinski definition) is 0. The molecule has 0 aliphatic carbocycles. The molecular formula is C15H21N3O3. The summed E-state index contributed by atoms with van der Waals surface area (Å²) in [6, 6.07) is 0. The van der Waals surface area contributed by atoms with Gasteiger partial charge in [0, 0.05) is 25.5 Å². The quantitative estimate of drug-likeness (QED) is 0.837. The molecule has 1 aromatic rings. The molecule has 1 aromatic heterocycles. The molecule has 21 heavy (non-hydrogen) atoms. The van der Waals surface area contributed by atoms with Gasteiger partial charge in [0.2, 0.25) is 5.88 Å². The minimum atomic E-state index is -0.477. The fraction of sp³-hybridized carbons (Fsp3) is 0.533. The molecule has 0 fully saturated rings.